The molecule has 1 nitrogen and oxygen atoms in total. The average molecular weight is 104 g/mol. The summed E-state index contributed by atoms with van der Waals surface area (Å²) >= 11 is 0. The highest BCUT2D eigenvalue weighted by Gasteiger charge is 1.81. The van der Waals surface area contributed by atoms with Gasteiger partial charge in [0.2, 0.25) is 0 Å². The molecular formula is C6H16O. The fourth-order valence-electron chi connectivity index (χ4n) is 0. The van der Waals surface area contributed by atoms with Crippen LogP contribution in [0.25, 0.3) is 0 Å². The average Bonchev–Trinajstić information content (AvgIpc) is 1.73. The van der Waals surface area contributed by atoms with Crippen molar-refractivity contribution in [2.75, 3.05) is 0 Å². The van der Waals surface area contributed by atoms with Crippen LogP contribution in [0.5, 0.6) is 0 Å². The van der Waals surface area contributed by atoms with E-state index in [0.29, 0.717) is 0 Å². The Kier molecular flexibility index (Phi) is 13.4. The summed E-state index contributed by atoms with van der Waals surface area (Å²) in [6, 6.07) is 0. The van der Waals surface area contributed by atoms with Crippen molar-refractivity contribution < 1.29 is 5.11 Å². The van der Waals surface area contributed by atoms with E-state index in [2.05, 4.69) is 0 Å². The number of hydrogen-bond donors (Lipinski definition) is 1. The molecule has 0 aromatic carbocycles. The van der Waals surface area contributed by atoms with Crippen LogP contribution in [0.4, 0.5) is 0 Å². The predicted octanol–water partition coefficient (Wildman–Crippen LogP) is 1.80. The van der Waals surface area contributed by atoms with E-state index in [1.54, 1.807) is 6.92 Å². The van der Waals surface area contributed by atoms with Gasteiger partial charge in [0.25, 0.3) is 0 Å². The first-order valence-corrected chi connectivity index (χ1v) is 2.95. The minimum Gasteiger partial charge on any atom is -0.393 e. The summed E-state index contributed by atoms with van der Waals surface area (Å²) in [4.78, 5) is 0. The lowest BCUT2D eigenvalue weighted by molar-refractivity contribution is 0.191. The normalized spacial score (nSPS) is 11.6. The van der Waals surface area contributed by atoms with Crippen molar-refractivity contribution >= 4 is 0 Å². The van der Waals surface area contributed by atoms with E-state index >= 15 is 0 Å². The fourth-order valence-corrected chi connectivity index (χ4v) is 0. The Morgan fingerprint density at radius 3 is 1.57 bits per heavy atom. The highest BCUT2D eigenvalue weighted by atomic mass is 16.3. The van der Waals surface area contributed by atoms with E-state index in [9.17, 15) is 0 Å². The van der Waals surface area contributed by atoms with Crippen molar-refractivity contribution in [2.45, 2.75) is 40.2 Å². The predicted molar refractivity (Wildman–Crippen MR) is 33.3 cm³/mol. The molecule has 0 aliphatic carbocycles. The second-order valence-corrected chi connectivity index (χ2v) is 1.26. The SMILES string of the molecule is CC.CCC(C)O. The zero-order valence-corrected chi connectivity index (χ0v) is 5.73. The fraction of sp³-hybridized carbons (Fsp3) is 1.00. The first kappa shape index (κ1) is 10.0. The van der Waals surface area contributed by atoms with Gasteiger partial charge in [0, 0.05) is 0 Å². The second-order valence-electron chi connectivity index (χ2n) is 1.26. The van der Waals surface area contributed by atoms with Crippen LogP contribution in [0.15, 0.2) is 0 Å². The third-order valence-corrected chi connectivity index (χ3v) is 0.591. The van der Waals surface area contributed by atoms with Gasteiger partial charge in [0.1, 0.15) is 0 Å². The van der Waals surface area contributed by atoms with E-state index in [1.807, 2.05) is 20.8 Å². The second kappa shape index (κ2) is 9.35. The quantitative estimate of drug-likeness (QED) is 0.538. The molecule has 7 heavy (non-hydrogen) atoms. The van der Waals surface area contributed by atoms with Crippen LogP contribution in [0, 0.1) is 0 Å². The van der Waals surface area contributed by atoms with Gasteiger partial charge in [-0.15, -0.1) is 0 Å². The van der Waals surface area contributed by atoms with E-state index in [0.717, 1.165) is 6.42 Å². The van der Waals surface area contributed by atoms with Crippen LogP contribution < -0.4 is 0 Å². The zero-order valence-electron chi connectivity index (χ0n) is 5.73. The molecule has 1 heteroatoms. The number of hydrogen-bond acceptors (Lipinski definition) is 1. The van der Waals surface area contributed by atoms with Crippen molar-refractivity contribution in [1.82, 2.24) is 0 Å². The smallest absolute Gasteiger partial charge is 0.0509 e. The summed E-state index contributed by atoms with van der Waals surface area (Å²) in [7, 11) is 0. The van der Waals surface area contributed by atoms with Gasteiger partial charge in [-0.1, -0.05) is 20.8 Å². The van der Waals surface area contributed by atoms with Crippen molar-refractivity contribution in [1.29, 1.82) is 0 Å². The molecule has 0 saturated heterocycles. The first-order valence-electron chi connectivity index (χ1n) is 2.95. The highest BCUT2D eigenvalue weighted by molar-refractivity contribution is 4.34. The molecule has 0 heterocycles. The van der Waals surface area contributed by atoms with Crippen LogP contribution in [-0.4, -0.2) is 11.2 Å². The summed E-state index contributed by atoms with van der Waals surface area (Å²) in [6.45, 7) is 7.73. The van der Waals surface area contributed by atoms with Gasteiger partial charge >= 0.3 is 0 Å². The maximum atomic E-state index is 8.36. The van der Waals surface area contributed by atoms with Crippen molar-refractivity contribution in [2.24, 2.45) is 0 Å². The molecule has 0 bridgehead atoms. The number of aliphatic hydroxyl groups excluding tert-OH is 1. The molecule has 0 rings (SSSR count). The van der Waals surface area contributed by atoms with Gasteiger partial charge in [-0.25, -0.2) is 0 Å². The Labute approximate surface area is 46.4 Å². The van der Waals surface area contributed by atoms with Gasteiger partial charge in [0.05, 0.1) is 6.10 Å². The molecule has 0 aliphatic heterocycles. The third kappa shape index (κ3) is 24.3. The monoisotopic (exact) mass is 104 g/mol. The number of aliphatic hydroxyl groups is 1. The van der Waals surface area contributed by atoms with Crippen molar-refractivity contribution in [3.8, 4) is 0 Å². The minimum atomic E-state index is -0.116. The van der Waals surface area contributed by atoms with Crippen LogP contribution in [-0.2, 0) is 0 Å². The Bertz CT molecular complexity index is 18.1. The molecule has 0 fully saturated rings. The molecule has 1 atom stereocenters. The van der Waals surface area contributed by atoms with E-state index in [-0.39, 0.29) is 6.10 Å². The first-order chi connectivity index (χ1) is 3.27. The highest BCUT2D eigenvalue weighted by Crippen LogP contribution is 1.81. The van der Waals surface area contributed by atoms with E-state index in [4.69, 9.17) is 5.11 Å². The van der Waals surface area contributed by atoms with Crippen LogP contribution >= 0.6 is 0 Å². The molecule has 1 unspecified atom stereocenters. The van der Waals surface area contributed by atoms with E-state index in [1.165, 1.54) is 0 Å². The molecule has 46 valence electrons. The minimum absolute atomic E-state index is 0.116. The Balaban J connectivity index is 0. The summed E-state index contributed by atoms with van der Waals surface area (Å²) < 4.78 is 0. The molecule has 0 aliphatic rings. The molecule has 0 amide bonds. The third-order valence-electron chi connectivity index (χ3n) is 0.591. The summed E-state index contributed by atoms with van der Waals surface area (Å²) in [5, 5.41) is 8.36. The lowest BCUT2D eigenvalue weighted by Crippen LogP contribution is -1.93. The molecule has 1 N–H and O–H groups in total. The van der Waals surface area contributed by atoms with Gasteiger partial charge < -0.3 is 5.11 Å². The van der Waals surface area contributed by atoms with Crippen LogP contribution in [0.1, 0.15) is 34.1 Å². The van der Waals surface area contributed by atoms with E-state index < -0.39 is 0 Å². The molecule has 0 spiro atoms. The number of rotatable bonds is 1. The van der Waals surface area contributed by atoms with Crippen molar-refractivity contribution in [3.63, 3.8) is 0 Å². The Hall–Kier alpha value is -0.0400. The standard InChI is InChI=1S/C4H10O.C2H6/c1-3-4(2)5;1-2/h4-5H,3H2,1-2H3;1-2H3. The van der Waals surface area contributed by atoms with Gasteiger partial charge in [0.15, 0.2) is 0 Å². The maximum absolute atomic E-state index is 8.36. The zero-order chi connectivity index (χ0) is 6.28. The molecule has 0 saturated carbocycles. The molecule has 0 aromatic rings. The lowest BCUT2D eigenvalue weighted by Gasteiger charge is -1.90. The van der Waals surface area contributed by atoms with Gasteiger partial charge in [-0.2, -0.15) is 0 Å². The van der Waals surface area contributed by atoms with Gasteiger partial charge in [-0.3, -0.25) is 0 Å². The van der Waals surface area contributed by atoms with Crippen molar-refractivity contribution in [3.05, 3.63) is 0 Å². The Morgan fingerprint density at radius 2 is 1.57 bits per heavy atom. The van der Waals surface area contributed by atoms with Crippen LogP contribution in [0.3, 0.4) is 0 Å². The maximum Gasteiger partial charge on any atom is 0.0509 e. The summed E-state index contributed by atoms with van der Waals surface area (Å²) in [6.07, 6.45) is 0.745. The Morgan fingerprint density at radius 1 is 1.43 bits per heavy atom. The lowest BCUT2D eigenvalue weighted by atomic mass is 10.3. The molecular weight excluding hydrogens is 88.1 g/mol. The summed E-state index contributed by atoms with van der Waals surface area (Å²) in [5.74, 6) is 0. The summed E-state index contributed by atoms with van der Waals surface area (Å²) in [5.41, 5.74) is 0. The van der Waals surface area contributed by atoms with Crippen LogP contribution in [0.2, 0.25) is 0 Å². The molecule has 0 radical (unpaired) electrons. The topological polar surface area (TPSA) is 20.2 Å². The molecule has 0 aromatic heterocycles. The van der Waals surface area contributed by atoms with Gasteiger partial charge in [-0.05, 0) is 13.3 Å². The largest absolute Gasteiger partial charge is 0.393 e.